The van der Waals surface area contributed by atoms with E-state index in [0.717, 1.165) is 31.6 Å². The van der Waals surface area contributed by atoms with E-state index in [1.807, 2.05) is 0 Å². The van der Waals surface area contributed by atoms with Crippen molar-refractivity contribution in [3.63, 3.8) is 0 Å². The molecule has 1 aliphatic rings. The first-order valence-electron chi connectivity index (χ1n) is 6.20. The minimum absolute atomic E-state index is 0.333. The molecule has 16 heavy (non-hydrogen) atoms. The van der Waals surface area contributed by atoms with Crippen LogP contribution in [-0.2, 0) is 17.6 Å². The van der Waals surface area contributed by atoms with Crippen LogP contribution >= 0.6 is 0 Å². The van der Waals surface area contributed by atoms with Crippen molar-refractivity contribution in [2.75, 3.05) is 13.2 Å². The van der Waals surface area contributed by atoms with Gasteiger partial charge >= 0.3 is 0 Å². The highest BCUT2D eigenvalue weighted by atomic mass is 16.6. The van der Waals surface area contributed by atoms with E-state index in [1.54, 1.807) is 0 Å². The molecule has 0 spiro atoms. The van der Waals surface area contributed by atoms with Crippen molar-refractivity contribution in [2.24, 2.45) is 0 Å². The maximum Gasteiger partial charge on any atom is 0.122 e. The van der Waals surface area contributed by atoms with Crippen molar-refractivity contribution >= 4 is 0 Å². The normalized spacial score (nSPS) is 18.5. The van der Waals surface area contributed by atoms with Crippen molar-refractivity contribution < 1.29 is 9.47 Å². The van der Waals surface area contributed by atoms with Gasteiger partial charge < -0.3 is 9.47 Å². The third-order valence-electron chi connectivity index (χ3n) is 2.94. The SMILES string of the molecule is CCCc1c(CC)cccc1OCC1CO1. The van der Waals surface area contributed by atoms with E-state index < -0.39 is 0 Å². The lowest BCUT2D eigenvalue weighted by Gasteiger charge is -2.13. The van der Waals surface area contributed by atoms with Crippen LogP contribution in [0, 0.1) is 0 Å². The molecular weight excluding hydrogens is 200 g/mol. The first kappa shape index (κ1) is 11.5. The monoisotopic (exact) mass is 220 g/mol. The molecule has 1 aromatic carbocycles. The van der Waals surface area contributed by atoms with Crippen LogP contribution in [0.5, 0.6) is 5.75 Å². The number of ether oxygens (including phenoxy) is 2. The molecule has 2 nitrogen and oxygen atoms in total. The van der Waals surface area contributed by atoms with Gasteiger partial charge in [0.2, 0.25) is 0 Å². The van der Waals surface area contributed by atoms with Crippen molar-refractivity contribution in [2.45, 2.75) is 39.2 Å². The van der Waals surface area contributed by atoms with Crippen molar-refractivity contribution in [3.05, 3.63) is 29.3 Å². The Morgan fingerprint density at radius 2 is 2.19 bits per heavy atom. The van der Waals surface area contributed by atoms with Crippen LogP contribution < -0.4 is 4.74 Å². The zero-order valence-corrected chi connectivity index (χ0v) is 10.2. The van der Waals surface area contributed by atoms with Gasteiger partial charge in [0.1, 0.15) is 18.5 Å². The molecule has 0 radical (unpaired) electrons. The topological polar surface area (TPSA) is 21.8 Å². The summed E-state index contributed by atoms with van der Waals surface area (Å²) in [7, 11) is 0. The van der Waals surface area contributed by atoms with Crippen LogP contribution in [0.15, 0.2) is 18.2 Å². The Balaban J connectivity index is 2.12. The lowest BCUT2D eigenvalue weighted by molar-refractivity contribution is 0.261. The fraction of sp³-hybridized carbons (Fsp3) is 0.571. The number of rotatable bonds is 6. The average molecular weight is 220 g/mol. The molecule has 0 aromatic heterocycles. The van der Waals surface area contributed by atoms with E-state index in [0.29, 0.717) is 12.7 Å². The van der Waals surface area contributed by atoms with Crippen molar-refractivity contribution in [1.29, 1.82) is 0 Å². The van der Waals surface area contributed by atoms with E-state index in [4.69, 9.17) is 9.47 Å². The molecule has 88 valence electrons. The summed E-state index contributed by atoms with van der Waals surface area (Å²) in [6, 6.07) is 6.36. The van der Waals surface area contributed by atoms with Gasteiger partial charge in [-0.2, -0.15) is 0 Å². The Bertz CT molecular complexity index is 343. The molecule has 2 rings (SSSR count). The number of epoxide rings is 1. The molecule has 1 fully saturated rings. The van der Waals surface area contributed by atoms with E-state index in [9.17, 15) is 0 Å². The lowest BCUT2D eigenvalue weighted by Crippen LogP contribution is -2.07. The minimum atomic E-state index is 0.333. The van der Waals surface area contributed by atoms with Gasteiger partial charge in [0.25, 0.3) is 0 Å². The molecule has 1 aliphatic heterocycles. The Hall–Kier alpha value is -1.02. The third-order valence-corrected chi connectivity index (χ3v) is 2.94. The molecule has 0 saturated carbocycles. The molecular formula is C14H20O2. The van der Waals surface area contributed by atoms with E-state index in [1.165, 1.54) is 11.1 Å². The van der Waals surface area contributed by atoms with Gasteiger partial charge in [-0.25, -0.2) is 0 Å². The number of benzene rings is 1. The summed E-state index contributed by atoms with van der Waals surface area (Å²) >= 11 is 0. The standard InChI is InChI=1S/C14H20O2/c1-3-6-13-11(4-2)7-5-8-14(13)16-10-12-9-15-12/h5,7-8,12H,3-4,6,9-10H2,1-2H3. The van der Waals surface area contributed by atoms with Crippen LogP contribution in [-0.4, -0.2) is 19.3 Å². The largest absolute Gasteiger partial charge is 0.490 e. The molecule has 1 heterocycles. The number of hydrogen-bond donors (Lipinski definition) is 0. The van der Waals surface area contributed by atoms with E-state index in [-0.39, 0.29) is 0 Å². The average Bonchev–Trinajstić information content (AvgIpc) is 3.12. The van der Waals surface area contributed by atoms with Crippen molar-refractivity contribution in [3.8, 4) is 5.75 Å². The lowest BCUT2D eigenvalue weighted by atomic mass is 10.0. The second-order valence-corrected chi connectivity index (χ2v) is 4.26. The molecule has 0 N–H and O–H groups in total. The van der Waals surface area contributed by atoms with Gasteiger partial charge in [0.05, 0.1) is 6.61 Å². The molecule has 2 heteroatoms. The Morgan fingerprint density at radius 1 is 1.38 bits per heavy atom. The molecule has 1 atom stereocenters. The quantitative estimate of drug-likeness (QED) is 0.687. The van der Waals surface area contributed by atoms with Gasteiger partial charge in [-0.05, 0) is 30.0 Å². The zero-order valence-electron chi connectivity index (χ0n) is 10.2. The number of aryl methyl sites for hydroxylation is 1. The summed E-state index contributed by atoms with van der Waals surface area (Å²) in [5.41, 5.74) is 2.80. The maximum absolute atomic E-state index is 5.83. The second-order valence-electron chi connectivity index (χ2n) is 4.26. The fourth-order valence-electron chi connectivity index (χ4n) is 1.96. The molecule has 1 aromatic rings. The molecule has 1 saturated heterocycles. The highest BCUT2D eigenvalue weighted by Gasteiger charge is 2.23. The van der Waals surface area contributed by atoms with Crippen LogP contribution in [0.1, 0.15) is 31.4 Å². The second kappa shape index (κ2) is 5.35. The van der Waals surface area contributed by atoms with Gasteiger partial charge in [-0.15, -0.1) is 0 Å². The highest BCUT2D eigenvalue weighted by Crippen LogP contribution is 2.25. The van der Waals surface area contributed by atoms with Gasteiger partial charge in [0.15, 0.2) is 0 Å². The fourth-order valence-corrected chi connectivity index (χ4v) is 1.96. The van der Waals surface area contributed by atoms with Gasteiger partial charge in [-0.1, -0.05) is 32.4 Å². The summed E-state index contributed by atoms with van der Waals surface area (Å²) < 4.78 is 11.0. The molecule has 1 unspecified atom stereocenters. The number of hydrogen-bond acceptors (Lipinski definition) is 2. The predicted molar refractivity (Wildman–Crippen MR) is 65.1 cm³/mol. The smallest absolute Gasteiger partial charge is 0.122 e. The summed E-state index contributed by atoms with van der Waals surface area (Å²) in [6.45, 7) is 5.96. The first-order chi connectivity index (χ1) is 7.85. The first-order valence-corrected chi connectivity index (χ1v) is 6.20. The molecule has 0 bridgehead atoms. The van der Waals surface area contributed by atoms with Crippen LogP contribution in [0.4, 0.5) is 0 Å². The van der Waals surface area contributed by atoms with Crippen LogP contribution in [0.2, 0.25) is 0 Å². The highest BCUT2D eigenvalue weighted by molar-refractivity contribution is 5.40. The van der Waals surface area contributed by atoms with Crippen LogP contribution in [0.3, 0.4) is 0 Å². The predicted octanol–water partition coefficient (Wildman–Crippen LogP) is 2.98. The Labute approximate surface area is 97.6 Å². The Morgan fingerprint density at radius 3 is 2.81 bits per heavy atom. The maximum atomic E-state index is 5.83. The van der Waals surface area contributed by atoms with Crippen LogP contribution in [0.25, 0.3) is 0 Å². The summed E-state index contributed by atoms with van der Waals surface area (Å²) in [4.78, 5) is 0. The minimum Gasteiger partial charge on any atom is -0.490 e. The van der Waals surface area contributed by atoms with Crippen molar-refractivity contribution in [1.82, 2.24) is 0 Å². The molecule has 0 amide bonds. The Kier molecular flexibility index (Phi) is 3.83. The third kappa shape index (κ3) is 2.76. The summed E-state index contributed by atoms with van der Waals surface area (Å²) in [5.74, 6) is 1.05. The summed E-state index contributed by atoms with van der Waals surface area (Å²) in [5, 5.41) is 0. The van der Waals surface area contributed by atoms with Gasteiger partial charge in [0, 0.05) is 0 Å². The zero-order chi connectivity index (χ0) is 11.4. The van der Waals surface area contributed by atoms with Gasteiger partial charge in [-0.3, -0.25) is 0 Å². The summed E-state index contributed by atoms with van der Waals surface area (Å²) in [6.07, 6.45) is 3.67. The van der Waals surface area contributed by atoms with E-state index in [2.05, 4.69) is 32.0 Å². The molecule has 0 aliphatic carbocycles. The van der Waals surface area contributed by atoms with E-state index >= 15 is 0 Å².